The number of hydrogen-bond donors (Lipinski definition) is 0. The Labute approximate surface area is 162 Å². The molecular weight excluding hydrogens is 338 g/mol. The molecule has 2 aliphatic heterocycles. The van der Waals surface area contributed by atoms with E-state index in [9.17, 15) is 9.59 Å². The van der Waals surface area contributed by atoms with E-state index >= 15 is 0 Å². The molecule has 5 heteroatoms. The summed E-state index contributed by atoms with van der Waals surface area (Å²) in [4.78, 5) is 31.1. The summed E-state index contributed by atoms with van der Waals surface area (Å²) < 4.78 is 0. The van der Waals surface area contributed by atoms with Crippen LogP contribution in [0.25, 0.3) is 6.08 Å². The lowest BCUT2D eigenvalue weighted by Crippen LogP contribution is -2.37. The van der Waals surface area contributed by atoms with Gasteiger partial charge >= 0.3 is 0 Å². The average Bonchev–Trinajstić information content (AvgIpc) is 2.90. The van der Waals surface area contributed by atoms with Crippen molar-refractivity contribution in [1.82, 2.24) is 14.7 Å². The molecular formula is C22H31N3O2. The van der Waals surface area contributed by atoms with Crippen LogP contribution in [0.5, 0.6) is 0 Å². The number of benzene rings is 1. The minimum atomic E-state index is -0.0122. The smallest absolute Gasteiger partial charge is 0.246 e. The number of carbonyl (C=O) groups excluding carboxylic acids is 2. The second kappa shape index (κ2) is 10.3. The number of amides is 2. The summed E-state index contributed by atoms with van der Waals surface area (Å²) in [6.07, 6.45) is 8.86. The highest BCUT2D eigenvalue weighted by Crippen LogP contribution is 2.11. The van der Waals surface area contributed by atoms with E-state index in [0.717, 1.165) is 25.1 Å². The molecule has 0 saturated carbocycles. The highest BCUT2D eigenvalue weighted by atomic mass is 16.2. The van der Waals surface area contributed by atoms with Gasteiger partial charge < -0.3 is 14.7 Å². The van der Waals surface area contributed by atoms with Crippen molar-refractivity contribution >= 4 is 17.9 Å². The maximum absolute atomic E-state index is 12.5. The average molecular weight is 370 g/mol. The van der Waals surface area contributed by atoms with Crippen molar-refractivity contribution in [3.05, 3.63) is 42.0 Å². The van der Waals surface area contributed by atoms with Gasteiger partial charge in [0.2, 0.25) is 11.8 Å². The van der Waals surface area contributed by atoms with Gasteiger partial charge in [0.05, 0.1) is 0 Å². The molecule has 2 saturated heterocycles. The predicted octanol–water partition coefficient (Wildman–Crippen LogP) is 2.64. The van der Waals surface area contributed by atoms with Crippen molar-refractivity contribution in [3.8, 4) is 0 Å². The zero-order chi connectivity index (χ0) is 18.9. The Balaban J connectivity index is 1.44. The summed E-state index contributed by atoms with van der Waals surface area (Å²) in [6, 6.07) is 9.81. The van der Waals surface area contributed by atoms with Crippen LogP contribution in [0, 0.1) is 0 Å². The Morgan fingerprint density at radius 1 is 0.926 bits per heavy atom. The van der Waals surface area contributed by atoms with Crippen LogP contribution in [0.1, 0.15) is 37.7 Å². The van der Waals surface area contributed by atoms with E-state index in [0.29, 0.717) is 26.1 Å². The van der Waals surface area contributed by atoms with Gasteiger partial charge in [-0.3, -0.25) is 9.59 Å². The quantitative estimate of drug-likeness (QED) is 0.724. The number of piperidine rings is 1. The summed E-state index contributed by atoms with van der Waals surface area (Å²) in [5.74, 6) is 0.165. The van der Waals surface area contributed by atoms with Gasteiger partial charge in [-0.1, -0.05) is 36.8 Å². The van der Waals surface area contributed by atoms with Crippen molar-refractivity contribution < 1.29 is 9.59 Å². The molecule has 0 aliphatic carbocycles. The molecule has 0 aromatic heterocycles. The van der Waals surface area contributed by atoms with Gasteiger partial charge in [-0.05, 0) is 50.5 Å². The van der Waals surface area contributed by atoms with Crippen molar-refractivity contribution in [2.75, 3.05) is 45.8 Å². The normalized spacial score (nSPS) is 19.5. The summed E-state index contributed by atoms with van der Waals surface area (Å²) in [6.45, 7) is 6.05. The van der Waals surface area contributed by atoms with Crippen LogP contribution >= 0.6 is 0 Å². The molecule has 0 N–H and O–H groups in total. The minimum Gasteiger partial charge on any atom is -0.341 e. The molecule has 0 bridgehead atoms. The molecule has 2 heterocycles. The number of rotatable bonds is 6. The van der Waals surface area contributed by atoms with Gasteiger partial charge in [0.25, 0.3) is 0 Å². The highest BCUT2D eigenvalue weighted by Gasteiger charge is 2.22. The van der Waals surface area contributed by atoms with Gasteiger partial charge in [0.1, 0.15) is 0 Å². The number of likely N-dealkylation sites (tertiary alicyclic amines) is 1. The third-order valence-electron chi connectivity index (χ3n) is 5.47. The van der Waals surface area contributed by atoms with E-state index in [1.807, 2.05) is 41.3 Å². The van der Waals surface area contributed by atoms with Crippen molar-refractivity contribution in [2.45, 2.75) is 32.1 Å². The van der Waals surface area contributed by atoms with E-state index in [4.69, 9.17) is 0 Å². The molecule has 2 fully saturated rings. The lowest BCUT2D eigenvalue weighted by molar-refractivity contribution is -0.130. The number of carbonyl (C=O) groups is 2. The van der Waals surface area contributed by atoms with E-state index in [1.165, 1.54) is 32.4 Å². The highest BCUT2D eigenvalue weighted by molar-refractivity contribution is 5.92. The van der Waals surface area contributed by atoms with E-state index in [1.54, 1.807) is 11.0 Å². The Morgan fingerprint density at radius 3 is 2.48 bits per heavy atom. The second-order valence-electron chi connectivity index (χ2n) is 7.46. The first-order valence-electron chi connectivity index (χ1n) is 10.2. The maximum atomic E-state index is 12.5. The first-order chi connectivity index (χ1) is 13.2. The monoisotopic (exact) mass is 369 g/mol. The summed E-state index contributed by atoms with van der Waals surface area (Å²) in [5.41, 5.74) is 1.01. The molecule has 27 heavy (non-hydrogen) atoms. The van der Waals surface area contributed by atoms with E-state index < -0.39 is 0 Å². The van der Waals surface area contributed by atoms with Gasteiger partial charge in [0.15, 0.2) is 0 Å². The third kappa shape index (κ3) is 6.21. The van der Waals surface area contributed by atoms with E-state index in [2.05, 4.69) is 4.90 Å². The second-order valence-corrected chi connectivity index (χ2v) is 7.46. The molecule has 0 spiro atoms. The Kier molecular flexibility index (Phi) is 7.45. The fourth-order valence-electron chi connectivity index (χ4n) is 3.83. The first kappa shape index (κ1) is 19.6. The zero-order valence-electron chi connectivity index (χ0n) is 16.2. The van der Waals surface area contributed by atoms with Crippen LogP contribution in [0.2, 0.25) is 0 Å². The lowest BCUT2D eigenvalue weighted by atomic mass is 10.1. The zero-order valence-corrected chi connectivity index (χ0v) is 16.2. The number of nitrogens with zero attached hydrogens (tertiary/aromatic N) is 3. The molecule has 0 atom stereocenters. The Hall–Kier alpha value is -2.14. The standard InChI is InChI=1S/C22H31N3O2/c26-21(11-10-20-8-3-1-4-9-20)25-17-12-22(27)24(18-19-25)16-7-15-23-13-5-2-6-14-23/h1,3-4,8-11H,2,5-7,12-19H2/b11-10+. The Morgan fingerprint density at radius 2 is 1.70 bits per heavy atom. The molecule has 1 aromatic rings. The fourth-order valence-corrected chi connectivity index (χ4v) is 3.83. The first-order valence-corrected chi connectivity index (χ1v) is 10.2. The molecule has 146 valence electrons. The molecule has 0 unspecified atom stereocenters. The molecule has 5 nitrogen and oxygen atoms in total. The molecule has 0 radical (unpaired) electrons. The molecule has 2 aliphatic rings. The maximum Gasteiger partial charge on any atom is 0.246 e. The van der Waals surface area contributed by atoms with Gasteiger partial charge in [-0.25, -0.2) is 0 Å². The van der Waals surface area contributed by atoms with Crippen molar-refractivity contribution in [2.24, 2.45) is 0 Å². The van der Waals surface area contributed by atoms with Crippen LogP contribution in [-0.4, -0.2) is 72.3 Å². The van der Waals surface area contributed by atoms with Crippen LogP contribution in [0.4, 0.5) is 0 Å². The summed E-state index contributed by atoms with van der Waals surface area (Å²) in [5, 5.41) is 0. The molecule has 1 aromatic carbocycles. The minimum absolute atomic E-state index is 0.0122. The largest absolute Gasteiger partial charge is 0.341 e. The number of hydrogen-bond acceptors (Lipinski definition) is 3. The van der Waals surface area contributed by atoms with Crippen molar-refractivity contribution in [1.29, 1.82) is 0 Å². The van der Waals surface area contributed by atoms with Crippen molar-refractivity contribution in [3.63, 3.8) is 0 Å². The van der Waals surface area contributed by atoms with Gasteiger partial charge in [-0.2, -0.15) is 0 Å². The van der Waals surface area contributed by atoms with Gasteiger partial charge in [-0.15, -0.1) is 0 Å². The lowest BCUT2D eigenvalue weighted by Gasteiger charge is -2.28. The van der Waals surface area contributed by atoms with Crippen LogP contribution < -0.4 is 0 Å². The summed E-state index contributed by atoms with van der Waals surface area (Å²) in [7, 11) is 0. The molecule has 3 rings (SSSR count). The SMILES string of the molecule is O=C(/C=C/c1ccccc1)N1CCC(=O)N(CCCN2CCCCC2)CC1. The van der Waals surface area contributed by atoms with Gasteiger partial charge in [0, 0.05) is 38.7 Å². The molecule has 2 amide bonds. The van der Waals surface area contributed by atoms with E-state index in [-0.39, 0.29) is 11.8 Å². The summed E-state index contributed by atoms with van der Waals surface area (Å²) >= 11 is 0. The third-order valence-corrected chi connectivity index (χ3v) is 5.47. The van der Waals surface area contributed by atoms with Crippen LogP contribution in [0.15, 0.2) is 36.4 Å². The van der Waals surface area contributed by atoms with Crippen LogP contribution in [-0.2, 0) is 9.59 Å². The Bertz CT molecular complexity index is 638. The topological polar surface area (TPSA) is 43.9 Å². The van der Waals surface area contributed by atoms with Crippen LogP contribution in [0.3, 0.4) is 0 Å². The fraction of sp³-hybridized carbons (Fsp3) is 0.545. The predicted molar refractivity (Wildman–Crippen MR) is 108 cm³/mol.